The average molecular weight is 909 g/mol. The number of aliphatic hydroxyl groups excluding tert-OH is 3. The van der Waals surface area contributed by atoms with E-state index >= 15 is 0 Å². The third kappa shape index (κ3) is 34.4. The van der Waals surface area contributed by atoms with Crippen LogP contribution in [0.2, 0.25) is 0 Å². The van der Waals surface area contributed by atoms with Crippen molar-refractivity contribution in [1.82, 2.24) is 0 Å². The van der Waals surface area contributed by atoms with Gasteiger partial charge in [0.15, 0.2) is 6.29 Å². The number of ether oxygens (including phenoxy) is 4. The molecule has 1 heterocycles. The molecule has 0 saturated carbocycles. The summed E-state index contributed by atoms with van der Waals surface area (Å²) in [6.07, 6.45) is 35.8. The van der Waals surface area contributed by atoms with E-state index in [0.717, 1.165) is 38.5 Å². The Morgan fingerprint density at radius 1 is 0.548 bits per heavy atom. The Morgan fingerprint density at radius 3 is 1.29 bits per heavy atom. The van der Waals surface area contributed by atoms with Gasteiger partial charge >= 0.3 is 16.4 Å². The number of hydrogen-bond acceptors (Lipinski definition) is 11. The SMILES string of the molecule is CCCCCCCCCCCCCCCCCCCCCCCCCOCC(COC1OC(CO)C(O)C(OS(=O)(=O)O)C1O)OC(=O)CCCCCCCCCCCCCC. The van der Waals surface area contributed by atoms with Gasteiger partial charge in [-0.15, -0.1) is 0 Å². The fourth-order valence-electron chi connectivity index (χ4n) is 8.32. The predicted octanol–water partition coefficient (Wildman–Crippen LogP) is 11.6. The van der Waals surface area contributed by atoms with Crippen LogP contribution in [-0.2, 0) is 38.3 Å². The van der Waals surface area contributed by atoms with Crippen LogP contribution in [0, 0.1) is 0 Å². The molecule has 1 saturated heterocycles. The van der Waals surface area contributed by atoms with E-state index in [0.29, 0.717) is 13.0 Å². The first-order valence-electron chi connectivity index (χ1n) is 25.8. The monoisotopic (exact) mass is 909 g/mol. The Hall–Kier alpha value is -0.900. The summed E-state index contributed by atoms with van der Waals surface area (Å²) in [5.41, 5.74) is 0. The molecule has 0 aliphatic carbocycles. The fourth-order valence-corrected chi connectivity index (χ4v) is 8.83. The summed E-state index contributed by atoms with van der Waals surface area (Å²) < 4.78 is 59.2. The summed E-state index contributed by atoms with van der Waals surface area (Å²) in [6, 6.07) is 0. The van der Waals surface area contributed by atoms with E-state index in [1.807, 2.05) is 0 Å². The van der Waals surface area contributed by atoms with Crippen molar-refractivity contribution in [3.05, 3.63) is 0 Å². The normalized spacial score (nSPS) is 19.9. The van der Waals surface area contributed by atoms with Crippen LogP contribution in [0.1, 0.15) is 245 Å². The van der Waals surface area contributed by atoms with Crippen LogP contribution < -0.4 is 0 Å². The van der Waals surface area contributed by atoms with Crippen molar-refractivity contribution in [2.75, 3.05) is 26.4 Å². The highest BCUT2D eigenvalue weighted by Gasteiger charge is 2.48. The van der Waals surface area contributed by atoms with Crippen molar-refractivity contribution in [1.29, 1.82) is 0 Å². The molecule has 62 heavy (non-hydrogen) atoms. The topological polar surface area (TPSA) is 178 Å². The molecule has 4 N–H and O–H groups in total. The van der Waals surface area contributed by atoms with E-state index in [4.69, 9.17) is 18.9 Å². The Labute approximate surface area is 379 Å². The highest BCUT2D eigenvalue weighted by molar-refractivity contribution is 7.80. The van der Waals surface area contributed by atoms with E-state index in [1.165, 1.54) is 180 Å². The summed E-state index contributed by atoms with van der Waals surface area (Å²) in [4.78, 5) is 12.8. The minimum Gasteiger partial charge on any atom is -0.457 e. The maximum absolute atomic E-state index is 12.8. The zero-order valence-electron chi connectivity index (χ0n) is 39.7. The van der Waals surface area contributed by atoms with E-state index in [-0.39, 0.29) is 19.6 Å². The van der Waals surface area contributed by atoms with Gasteiger partial charge in [0.05, 0.1) is 19.8 Å². The first-order chi connectivity index (χ1) is 30.1. The van der Waals surface area contributed by atoms with E-state index in [1.54, 1.807) is 0 Å². The number of esters is 1. The summed E-state index contributed by atoms with van der Waals surface area (Å²) in [7, 11) is -5.06. The van der Waals surface area contributed by atoms with Gasteiger partial charge < -0.3 is 34.3 Å². The zero-order valence-corrected chi connectivity index (χ0v) is 40.5. The second-order valence-electron chi connectivity index (χ2n) is 18.1. The third-order valence-electron chi connectivity index (χ3n) is 12.2. The van der Waals surface area contributed by atoms with Crippen molar-refractivity contribution >= 4 is 16.4 Å². The number of carbonyl (C=O) groups is 1. The minimum absolute atomic E-state index is 0.0450. The number of carbonyl (C=O) groups excluding carboxylic acids is 1. The molecule has 1 fully saturated rings. The van der Waals surface area contributed by atoms with Gasteiger partial charge in [-0.25, -0.2) is 4.18 Å². The first-order valence-corrected chi connectivity index (χ1v) is 27.2. The Bertz CT molecular complexity index is 1090. The van der Waals surface area contributed by atoms with Crippen molar-refractivity contribution in [3.63, 3.8) is 0 Å². The average Bonchev–Trinajstić information content (AvgIpc) is 3.24. The van der Waals surface area contributed by atoms with Crippen molar-refractivity contribution in [3.8, 4) is 0 Å². The van der Waals surface area contributed by atoms with Gasteiger partial charge in [-0.2, -0.15) is 8.42 Å². The van der Waals surface area contributed by atoms with Gasteiger partial charge in [-0.05, 0) is 12.8 Å². The van der Waals surface area contributed by atoms with Crippen LogP contribution in [0.3, 0.4) is 0 Å². The lowest BCUT2D eigenvalue weighted by Gasteiger charge is -2.41. The van der Waals surface area contributed by atoms with Crippen LogP contribution in [0.5, 0.6) is 0 Å². The van der Waals surface area contributed by atoms with Gasteiger partial charge in [0.25, 0.3) is 0 Å². The van der Waals surface area contributed by atoms with Crippen LogP contribution in [0.25, 0.3) is 0 Å². The molecular formula is C49H96O12S. The van der Waals surface area contributed by atoms with Gasteiger partial charge in [-0.3, -0.25) is 9.35 Å². The van der Waals surface area contributed by atoms with E-state index < -0.39 is 59.8 Å². The Balaban J connectivity index is 2.28. The largest absolute Gasteiger partial charge is 0.457 e. The lowest BCUT2D eigenvalue weighted by Crippen LogP contribution is -2.60. The predicted molar refractivity (Wildman–Crippen MR) is 248 cm³/mol. The quantitative estimate of drug-likeness (QED) is 0.0258. The molecule has 1 aliphatic heterocycles. The summed E-state index contributed by atoms with van der Waals surface area (Å²) in [5.74, 6) is -0.393. The van der Waals surface area contributed by atoms with Crippen LogP contribution >= 0.6 is 0 Å². The lowest BCUT2D eigenvalue weighted by atomic mass is 9.99. The van der Waals surface area contributed by atoms with Gasteiger partial charge in [0, 0.05) is 13.0 Å². The van der Waals surface area contributed by atoms with Crippen LogP contribution in [-0.4, -0.2) is 97.5 Å². The number of hydrogen-bond donors (Lipinski definition) is 4. The molecule has 13 heteroatoms. The van der Waals surface area contributed by atoms with Crippen molar-refractivity contribution in [2.24, 2.45) is 0 Å². The molecule has 6 unspecified atom stereocenters. The molecule has 0 radical (unpaired) electrons. The number of aliphatic hydroxyl groups is 3. The molecule has 0 bridgehead atoms. The highest BCUT2D eigenvalue weighted by Crippen LogP contribution is 2.26. The summed E-state index contributed by atoms with van der Waals surface area (Å²) >= 11 is 0. The Kier molecular flexibility index (Phi) is 39.6. The summed E-state index contributed by atoms with van der Waals surface area (Å²) in [5, 5.41) is 30.7. The second-order valence-corrected chi connectivity index (χ2v) is 19.2. The maximum Gasteiger partial charge on any atom is 0.397 e. The molecule has 12 nitrogen and oxygen atoms in total. The lowest BCUT2D eigenvalue weighted by molar-refractivity contribution is -0.301. The molecule has 0 aromatic carbocycles. The highest BCUT2D eigenvalue weighted by atomic mass is 32.3. The second kappa shape index (κ2) is 41.5. The fraction of sp³-hybridized carbons (Fsp3) is 0.980. The molecule has 370 valence electrons. The minimum atomic E-state index is -5.06. The van der Waals surface area contributed by atoms with Gasteiger partial charge in [-0.1, -0.05) is 226 Å². The van der Waals surface area contributed by atoms with Crippen LogP contribution in [0.4, 0.5) is 0 Å². The summed E-state index contributed by atoms with van der Waals surface area (Å²) in [6.45, 7) is 4.04. The zero-order chi connectivity index (χ0) is 45.4. The van der Waals surface area contributed by atoms with E-state index in [9.17, 15) is 33.1 Å². The van der Waals surface area contributed by atoms with E-state index in [2.05, 4.69) is 18.0 Å². The molecule has 6 atom stereocenters. The molecular weight excluding hydrogens is 813 g/mol. The molecule has 1 aliphatic rings. The van der Waals surface area contributed by atoms with Crippen molar-refractivity contribution < 1.29 is 56.2 Å². The number of unbranched alkanes of at least 4 members (excludes halogenated alkanes) is 33. The molecule has 1 rings (SSSR count). The van der Waals surface area contributed by atoms with Gasteiger partial charge in [0.2, 0.25) is 0 Å². The molecule has 0 aromatic heterocycles. The first kappa shape index (κ1) is 59.1. The molecule has 0 spiro atoms. The standard InChI is InChI=1S/C49H96O12S/c1-3-5-7-9-11-13-15-17-18-19-20-21-22-23-24-25-26-27-29-31-33-35-37-39-57-41-43(59-45(51)38-36-34-32-30-28-16-14-12-10-8-6-4-2)42-58-49-47(53)48(61-62(54,55)56)46(52)44(40-50)60-49/h43-44,46-50,52-53H,3-42H2,1-2H3,(H,54,55,56). The molecule has 0 aromatic rings. The molecule has 0 amide bonds. The van der Waals surface area contributed by atoms with Gasteiger partial charge in [0.1, 0.15) is 30.5 Å². The van der Waals surface area contributed by atoms with Crippen LogP contribution in [0.15, 0.2) is 0 Å². The smallest absolute Gasteiger partial charge is 0.397 e. The third-order valence-corrected chi connectivity index (χ3v) is 12.7. The Morgan fingerprint density at radius 2 is 0.919 bits per heavy atom. The maximum atomic E-state index is 12.8. The number of rotatable bonds is 46. The van der Waals surface area contributed by atoms with Crippen molar-refractivity contribution in [2.45, 2.75) is 282 Å².